The topological polar surface area (TPSA) is 164 Å². The largest absolute Gasteiger partial charge is 0.490 e. The Hall–Kier alpha value is -4.77. The summed E-state index contributed by atoms with van der Waals surface area (Å²) in [6.45, 7) is 3.65. The van der Waals surface area contributed by atoms with Crippen molar-refractivity contribution < 1.29 is 33.6 Å². The van der Waals surface area contributed by atoms with Crippen molar-refractivity contribution in [3.8, 4) is 23.3 Å². The molecule has 0 aliphatic carbocycles. The second-order valence-electron chi connectivity index (χ2n) is 9.78. The molecular weight excluding hydrogens is 682 g/mol. The molecule has 2 atom stereocenters. The number of carbonyl (C=O) groups excluding carboxylic acids is 2. The lowest BCUT2D eigenvalue weighted by atomic mass is 9.95. The number of carbonyl (C=O) groups is 2. The van der Waals surface area contributed by atoms with Crippen LogP contribution in [-0.2, 0) is 16.1 Å². The molecule has 12 nitrogen and oxygen atoms in total. The van der Waals surface area contributed by atoms with E-state index in [4.69, 9.17) is 30.5 Å². The summed E-state index contributed by atoms with van der Waals surface area (Å²) in [5.74, 6) is 0.522. The van der Waals surface area contributed by atoms with Gasteiger partial charge >= 0.3 is 12.0 Å². The molecule has 14 heteroatoms. The van der Waals surface area contributed by atoms with Crippen LogP contribution in [0.4, 0.5) is 4.79 Å². The number of urea groups is 1. The van der Waals surface area contributed by atoms with Gasteiger partial charge in [-0.15, -0.1) is 0 Å². The van der Waals surface area contributed by atoms with Gasteiger partial charge in [0.05, 0.1) is 47.7 Å². The summed E-state index contributed by atoms with van der Waals surface area (Å²) in [7, 11) is 1.26. The van der Waals surface area contributed by atoms with Crippen LogP contribution in [0.1, 0.15) is 42.1 Å². The molecule has 0 aromatic heterocycles. The van der Waals surface area contributed by atoms with Gasteiger partial charge in [0.25, 0.3) is 0 Å². The summed E-state index contributed by atoms with van der Waals surface area (Å²) < 4.78 is 23.1. The third-order valence-electron chi connectivity index (χ3n) is 6.65. The van der Waals surface area contributed by atoms with Crippen molar-refractivity contribution in [3.05, 3.63) is 97.6 Å². The van der Waals surface area contributed by atoms with E-state index >= 15 is 0 Å². The third-order valence-corrected chi connectivity index (χ3v) is 7.45. The molecule has 1 aliphatic rings. The fourth-order valence-corrected chi connectivity index (χ4v) is 5.50. The minimum absolute atomic E-state index is 0.138. The molecule has 46 heavy (non-hydrogen) atoms. The molecule has 0 bridgehead atoms. The van der Waals surface area contributed by atoms with Crippen LogP contribution in [0.5, 0.6) is 17.2 Å². The van der Waals surface area contributed by atoms with E-state index in [9.17, 15) is 20.0 Å². The molecule has 2 amide bonds. The van der Waals surface area contributed by atoms with Gasteiger partial charge in [0.1, 0.15) is 19.0 Å². The highest BCUT2D eigenvalue weighted by atomic mass is 79.9. The fraction of sp³-hybridized carbons (Fsp3) is 0.250. The summed E-state index contributed by atoms with van der Waals surface area (Å²) >= 11 is 9.71. The van der Waals surface area contributed by atoms with E-state index in [1.54, 1.807) is 62.4 Å². The van der Waals surface area contributed by atoms with Gasteiger partial charge in [0, 0.05) is 21.8 Å². The number of hydrazone groups is 1. The third kappa shape index (κ3) is 8.48. The predicted octanol–water partition coefficient (Wildman–Crippen LogP) is 5.07. The summed E-state index contributed by atoms with van der Waals surface area (Å²) in [5.41, 5.74) is 5.53. The number of nitriles is 1. The number of ether oxygens (including phenoxy) is 4. The summed E-state index contributed by atoms with van der Waals surface area (Å²) in [6.07, 6.45) is 0.216. The first-order chi connectivity index (χ1) is 22.1. The summed E-state index contributed by atoms with van der Waals surface area (Å²) in [4.78, 5) is 24.6. The molecule has 3 aromatic rings. The van der Waals surface area contributed by atoms with Crippen LogP contribution in [0.25, 0.3) is 0 Å². The number of nitrogens with one attached hydrogen (secondary N) is 3. The first kappa shape index (κ1) is 34.1. The standard InChI is InChI=1S/C32H31BrClN5O7/c1-4-44-26-12-19(29-28(31(41)43-3)18(2)37-32(42)38-29)9-10-25(26)45-17-27(40)39-36-15-22-11-23(34)13-24(33)30(22)46-16-21-8-6-5-7-20(21)14-35/h5-13,15,27,29,39-40H,4,16-17H2,1-3H3,(H2,37,38,42)/b36-15+/t27-,29-/m1/s1. The van der Waals surface area contributed by atoms with Crippen LogP contribution in [0.15, 0.2) is 75.4 Å². The second kappa shape index (κ2) is 16.0. The SMILES string of the molecule is CCOc1cc([C@H]2NC(=O)NC(C)=C2C(=O)OC)ccc1OC[C@@H](O)N/N=C/c1cc(Cl)cc(Br)c1OCc1ccccc1C#N. The van der Waals surface area contributed by atoms with Gasteiger partial charge in [-0.05, 0) is 65.7 Å². The maximum absolute atomic E-state index is 12.5. The van der Waals surface area contributed by atoms with Gasteiger partial charge in [-0.2, -0.15) is 10.4 Å². The molecule has 3 aromatic carbocycles. The highest BCUT2D eigenvalue weighted by molar-refractivity contribution is 9.10. The average Bonchev–Trinajstić information content (AvgIpc) is 3.03. The molecule has 0 fully saturated rings. The van der Waals surface area contributed by atoms with Crippen molar-refractivity contribution in [2.45, 2.75) is 32.7 Å². The first-order valence-electron chi connectivity index (χ1n) is 14.0. The number of hydrogen-bond donors (Lipinski definition) is 4. The summed E-state index contributed by atoms with van der Waals surface area (Å²) in [5, 5.41) is 29.8. The van der Waals surface area contributed by atoms with Crippen molar-refractivity contribution in [2.75, 3.05) is 20.3 Å². The number of amides is 2. The quantitative estimate of drug-likeness (QED) is 0.0820. The molecular formula is C32H31BrClN5O7. The van der Waals surface area contributed by atoms with Gasteiger partial charge in [0.15, 0.2) is 17.7 Å². The Morgan fingerprint density at radius 1 is 1.20 bits per heavy atom. The van der Waals surface area contributed by atoms with Crippen LogP contribution in [0.3, 0.4) is 0 Å². The van der Waals surface area contributed by atoms with E-state index in [0.717, 1.165) is 5.56 Å². The Kier molecular flexibility index (Phi) is 11.9. The maximum atomic E-state index is 12.5. The minimum Gasteiger partial charge on any atom is -0.490 e. The highest BCUT2D eigenvalue weighted by Gasteiger charge is 2.32. The monoisotopic (exact) mass is 711 g/mol. The van der Waals surface area contributed by atoms with E-state index in [2.05, 4.69) is 43.2 Å². The number of allylic oxidation sites excluding steroid dienone is 1. The number of aliphatic hydroxyl groups is 1. The number of hydrogen-bond acceptors (Lipinski definition) is 10. The number of halogens is 2. The smallest absolute Gasteiger partial charge is 0.337 e. The lowest BCUT2D eigenvalue weighted by molar-refractivity contribution is -0.136. The minimum atomic E-state index is -1.22. The van der Waals surface area contributed by atoms with Crippen molar-refractivity contribution in [1.29, 1.82) is 5.26 Å². The highest BCUT2D eigenvalue weighted by Crippen LogP contribution is 2.35. The Bertz CT molecular complexity index is 1710. The number of rotatable bonds is 13. The zero-order valence-corrected chi connectivity index (χ0v) is 27.4. The van der Waals surface area contributed by atoms with Crippen molar-refractivity contribution >= 4 is 45.7 Å². The Morgan fingerprint density at radius 3 is 2.72 bits per heavy atom. The Labute approximate surface area is 279 Å². The maximum Gasteiger partial charge on any atom is 0.337 e. The molecule has 0 unspecified atom stereocenters. The van der Waals surface area contributed by atoms with Crippen LogP contribution in [0.2, 0.25) is 5.02 Å². The zero-order valence-electron chi connectivity index (χ0n) is 25.1. The van der Waals surface area contributed by atoms with E-state index in [-0.39, 0.29) is 18.8 Å². The van der Waals surface area contributed by atoms with Crippen LogP contribution in [-0.4, -0.2) is 49.9 Å². The fourth-order valence-electron chi connectivity index (χ4n) is 4.55. The van der Waals surface area contributed by atoms with Gasteiger partial charge in [-0.25, -0.2) is 9.59 Å². The zero-order chi connectivity index (χ0) is 33.2. The normalized spacial score (nSPS) is 15.0. The van der Waals surface area contributed by atoms with E-state index in [1.165, 1.54) is 13.3 Å². The van der Waals surface area contributed by atoms with E-state index in [1.807, 2.05) is 6.07 Å². The Morgan fingerprint density at radius 2 is 1.98 bits per heavy atom. The molecule has 0 saturated carbocycles. The molecule has 1 heterocycles. The lowest BCUT2D eigenvalue weighted by Crippen LogP contribution is -2.45. The van der Waals surface area contributed by atoms with Crippen molar-refractivity contribution in [2.24, 2.45) is 5.10 Å². The molecule has 4 rings (SSSR count). The second-order valence-corrected chi connectivity index (χ2v) is 11.1. The van der Waals surface area contributed by atoms with Crippen molar-refractivity contribution in [3.63, 3.8) is 0 Å². The predicted molar refractivity (Wildman–Crippen MR) is 174 cm³/mol. The van der Waals surface area contributed by atoms with E-state index < -0.39 is 24.3 Å². The van der Waals surface area contributed by atoms with Crippen LogP contribution >= 0.6 is 27.5 Å². The molecule has 1 aliphatic heterocycles. The average molecular weight is 713 g/mol. The molecule has 0 spiro atoms. The van der Waals surface area contributed by atoms with Crippen LogP contribution < -0.4 is 30.3 Å². The summed E-state index contributed by atoms with van der Waals surface area (Å²) in [6, 6.07) is 16.3. The number of aliphatic hydroxyl groups excluding tert-OH is 1. The number of methoxy groups -OCH3 is 1. The van der Waals surface area contributed by atoms with Gasteiger partial charge in [0.2, 0.25) is 0 Å². The lowest BCUT2D eigenvalue weighted by Gasteiger charge is -2.28. The van der Waals surface area contributed by atoms with Gasteiger partial charge < -0.3 is 34.7 Å². The molecule has 240 valence electrons. The van der Waals surface area contributed by atoms with Gasteiger partial charge in [-0.3, -0.25) is 5.43 Å². The van der Waals surface area contributed by atoms with Gasteiger partial charge in [-0.1, -0.05) is 35.9 Å². The van der Waals surface area contributed by atoms with Crippen molar-refractivity contribution in [1.82, 2.24) is 16.1 Å². The molecule has 0 saturated heterocycles. The number of nitrogens with zero attached hydrogens (tertiary/aromatic N) is 2. The van der Waals surface area contributed by atoms with Crippen LogP contribution in [0, 0.1) is 11.3 Å². The Balaban J connectivity index is 1.43. The number of benzene rings is 3. The number of esters is 1. The molecule has 4 N–H and O–H groups in total. The first-order valence-corrected chi connectivity index (χ1v) is 15.1. The van der Waals surface area contributed by atoms with E-state index in [0.29, 0.717) is 55.7 Å². The molecule has 0 radical (unpaired) electrons.